The molecule has 0 saturated carbocycles. The molecule has 2 atom stereocenters. The largest absolute Gasteiger partial charge is 0.368 e. The average molecular weight is 312 g/mol. The average Bonchev–Trinajstić information content (AvgIpc) is 3.06. The van der Waals surface area contributed by atoms with Gasteiger partial charge in [0.05, 0.1) is 5.69 Å². The molecule has 5 heteroatoms. The van der Waals surface area contributed by atoms with Crippen molar-refractivity contribution in [3.63, 3.8) is 0 Å². The first-order valence-electron chi connectivity index (χ1n) is 8.10. The lowest BCUT2D eigenvalue weighted by molar-refractivity contribution is -0.123. The van der Waals surface area contributed by atoms with Gasteiger partial charge in [-0.1, -0.05) is 30.3 Å². The predicted molar refractivity (Wildman–Crippen MR) is 89.7 cm³/mol. The van der Waals surface area contributed by atoms with Crippen molar-refractivity contribution in [1.82, 2.24) is 14.7 Å². The fourth-order valence-electron chi connectivity index (χ4n) is 3.83. The number of likely N-dealkylation sites (tertiary alicyclic amines) is 1. The monoisotopic (exact) mass is 312 g/mol. The quantitative estimate of drug-likeness (QED) is 0.943. The highest BCUT2D eigenvalue weighted by atomic mass is 16.1. The zero-order valence-corrected chi connectivity index (χ0v) is 14.0. The molecule has 23 heavy (non-hydrogen) atoms. The van der Waals surface area contributed by atoms with Crippen LogP contribution in [0.2, 0.25) is 0 Å². The molecule has 0 spiro atoms. The zero-order valence-electron chi connectivity index (χ0n) is 14.0. The van der Waals surface area contributed by atoms with Crippen molar-refractivity contribution in [2.75, 3.05) is 6.54 Å². The number of hydrogen-bond acceptors (Lipinski definition) is 3. The molecule has 2 aromatic rings. The Labute approximate surface area is 137 Å². The van der Waals surface area contributed by atoms with Crippen LogP contribution in [0.1, 0.15) is 47.4 Å². The Morgan fingerprint density at radius 1 is 1.30 bits per heavy atom. The van der Waals surface area contributed by atoms with Gasteiger partial charge in [-0.25, -0.2) is 0 Å². The van der Waals surface area contributed by atoms with E-state index in [1.807, 2.05) is 49.0 Å². The van der Waals surface area contributed by atoms with Crippen molar-refractivity contribution in [3.05, 3.63) is 52.8 Å². The Morgan fingerprint density at radius 3 is 2.57 bits per heavy atom. The summed E-state index contributed by atoms with van der Waals surface area (Å²) in [6, 6.07) is 9.64. The molecule has 5 nitrogen and oxygen atoms in total. The molecule has 1 amide bonds. The van der Waals surface area contributed by atoms with Gasteiger partial charge in [-0.2, -0.15) is 5.10 Å². The Balaban J connectivity index is 2.01. The Hall–Kier alpha value is -2.14. The summed E-state index contributed by atoms with van der Waals surface area (Å²) in [6.07, 6.45) is 2.10. The number of primary amides is 1. The van der Waals surface area contributed by atoms with E-state index in [9.17, 15) is 4.79 Å². The van der Waals surface area contributed by atoms with Crippen LogP contribution in [-0.2, 0) is 11.8 Å². The standard InChI is InChI=1S/C18H24N4O/c1-12-16(13(2)21(3)20-12)15-10-7-11-22(15)17(18(19)23)14-8-5-4-6-9-14/h4-6,8-9,15,17H,7,10-11H2,1-3H3,(H2,19,23)/t15-,17-/m0/s1. The maximum absolute atomic E-state index is 12.2. The van der Waals surface area contributed by atoms with Gasteiger partial charge in [0.1, 0.15) is 6.04 Å². The molecule has 2 N–H and O–H groups in total. The second kappa shape index (κ2) is 6.16. The first kappa shape index (κ1) is 15.7. The van der Waals surface area contributed by atoms with Gasteiger partial charge in [0.15, 0.2) is 0 Å². The second-order valence-electron chi connectivity index (χ2n) is 6.32. The number of aromatic nitrogens is 2. The molecular formula is C18H24N4O. The van der Waals surface area contributed by atoms with E-state index in [1.54, 1.807) is 0 Å². The summed E-state index contributed by atoms with van der Waals surface area (Å²) in [6.45, 7) is 5.01. The van der Waals surface area contributed by atoms with Gasteiger partial charge in [0, 0.05) is 24.3 Å². The Morgan fingerprint density at radius 2 is 2.00 bits per heavy atom. The van der Waals surface area contributed by atoms with Gasteiger partial charge in [-0.3, -0.25) is 14.4 Å². The van der Waals surface area contributed by atoms with Gasteiger partial charge in [0.25, 0.3) is 0 Å². The molecule has 0 bridgehead atoms. The van der Waals surface area contributed by atoms with Gasteiger partial charge in [-0.05, 0) is 38.8 Å². The fraction of sp³-hybridized carbons (Fsp3) is 0.444. The van der Waals surface area contributed by atoms with Crippen molar-refractivity contribution in [2.24, 2.45) is 12.8 Å². The minimum Gasteiger partial charge on any atom is -0.368 e. The predicted octanol–water partition coefficient (Wildman–Crippen LogP) is 2.40. The van der Waals surface area contributed by atoms with Crippen LogP contribution in [0, 0.1) is 13.8 Å². The number of aryl methyl sites for hydroxylation is 2. The molecule has 1 aromatic carbocycles. The van der Waals surface area contributed by atoms with Crippen molar-refractivity contribution in [2.45, 2.75) is 38.8 Å². The van der Waals surface area contributed by atoms with E-state index in [0.717, 1.165) is 36.3 Å². The molecule has 1 aromatic heterocycles. The Bertz CT molecular complexity index is 707. The van der Waals surface area contributed by atoms with Gasteiger partial charge in [-0.15, -0.1) is 0 Å². The van der Waals surface area contributed by atoms with E-state index in [0.29, 0.717) is 0 Å². The molecule has 122 valence electrons. The number of amides is 1. The van der Waals surface area contributed by atoms with Crippen LogP contribution in [0.4, 0.5) is 0 Å². The number of nitrogens with zero attached hydrogens (tertiary/aromatic N) is 3. The summed E-state index contributed by atoms with van der Waals surface area (Å²) >= 11 is 0. The van der Waals surface area contributed by atoms with Crippen LogP contribution >= 0.6 is 0 Å². The van der Waals surface area contributed by atoms with Crippen molar-refractivity contribution >= 4 is 5.91 Å². The molecule has 1 aliphatic heterocycles. The zero-order chi connectivity index (χ0) is 16.6. The molecular weight excluding hydrogens is 288 g/mol. The first-order chi connectivity index (χ1) is 11.0. The summed E-state index contributed by atoms with van der Waals surface area (Å²) < 4.78 is 1.92. The van der Waals surface area contributed by atoms with E-state index in [1.165, 1.54) is 5.56 Å². The third-order valence-electron chi connectivity index (χ3n) is 4.91. The maximum atomic E-state index is 12.2. The normalized spacial score (nSPS) is 19.9. The van der Waals surface area contributed by atoms with Crippen LogP contribution in [-0.4, -0.2) is 27.1 Å². The van der Waals surface area contributed by atoms with E-state index < -0.39 is 0 Å². The molecule has 1 aliphatic rings. The van der Waals surface area contributed by atoms with Crippen LogP contribution in [0.15, 0.2) is 30.3 Å². The number of carbonyl (C=O) groups is 1. The summed E-state index contributed by atoms with van der Waals surface area (Å²) in [5, 5.41) is 4.54. The molecule has 2 heterocycles. The smallest absolute Gasteiger partial charge is 0.239 e. The lowest BCUT2D eigenvalue weighted by atomic mass is 9.98. The van der Waals surface area contributed by atoms with Crippen LogP contribution in [0.25, 0.3) is 0 Å². The minimum atomic E-state index is -0.386. The highest BCUT2D eigenvalue weighted by Gasteiger charge is 2.37. The van der Waals surface area contributed by atoms with Crippen LogP contribution in [0.3, 0.4) is 0 Å². The summed E-state index contributed by atoms with van der Waals surface area (Å²) in [5.74, 6) is -0.290. The van der Waals surface area contributed by atoms with Crippen molar-refractivity contribution < 1.29 is 4.79 Å². The van der Waals surface area contributed by atoms with Gasteiger partial charge < -0.3 is 5.73 Å². The lowest BCUT2D eigenvalue weighted by Gasteiger charge is -2.31. The molecule has 0 unspecified atom stereocenters. The van der Waals surface area contributed by atoms with Crippen molar-refractivity contribution in [3.8, 4) is 0 Å². The Kier molecular flexibility index (Phi) is 4.22. The second-order valence-corrected chi connectivity index (χ2v) is 6.32. The molecule has 0 aliphatic carbocycles. The third-order valence-corrected chi connectivity index (χ3v) is 4.91. The van der Waals surface area contributed by atoms with Crippen molar-refractivity contribution in [1.29, 1.82) is 0 Å². The first-order valence-corrected chi connectivity index (χ1v) is 8.10. The maximum Gasteiger partial charge on any atom is 0.239 e. The highest BCUT2D eigenvalue weighted by molar-refractivity contribution is 5.81. The summed E-state index contributed by atoms with van der Waals surface area (Å²) in [4.78, 5) is 14.4. The molecule has 1 saturated heterocycles. The number of rotatable bonds is 4. The van der Waals surface area contributed by atoms with E-state index in [2.05, 4.69) is 16.9 Å². The minimum absolute atomic E-state index is 0.196. The molecule has 0 radical (unpaired) electrons. The van der Waals surface area contributed by atoms with Crippen LogP contribution in [0.5, 0.6) is 0 Å². The number of benzene rings is 1. The lowest BCUT2D eigenvalue weighted by Crippen LogP contribution is -2.37. The van der Waals surface area contributed by atoms with E-state index in [-0.39, 0.29) is 18.0 Å². The molecule has 1 fully saturated rings. The molecule has 3 rings (SSSR count). The van der Waals surface area contributed by atoms with Gasteiger partial charge in [0.2, 0.25) is 5.91 Å². The fourth-order valence-corrected chi connectivity index (χ4v) is 3.83. The van der Waals surface area contributed by atoms with Crippen LogP contribution < -0.4 is 5.73 Å². The number of nitrogens with two attached hydrogens (primary N) is 1. The number of carbonyl (C=O) groups excluding carboxylic acids is 1. The number of hydrogen-bond donors (Lipinski definition) is 1. The van der Waals surface area contributed by atoms with E-state index in [4.69, 9.17) is 5.73 Å². The van der Waals surface area contributed by atoms with Gasteiger partial charge >= 0.3 is 0 Å². The summed E-state index contributed by atoms with van der Waals surface area (Å²) in [7, 11) is 1.97. The third kappa shape index (κ3) is 2.77. The highest BCUT2D eigenvalue weighted by Crippen LogP contribution is 2.40. The topological polar surface area (TPSA) is 64.2 Å². The van der Waals surface area contributed by atoms with E-state index >= 15 is 0 Å². The SMILES string of the molecule is Cc1nn(C)c(C)c1[C@@H]1CCCN1[C@H](C(N)=O)c1ccccc1. The summed E-state index contributed by atoms with van der Waals surface area (Å²) in [5.41, 5.74) is 10.2.